The average Bonchev–Trinajstić information content (AvgIpc) is 3.53. The molecule has 0 unspecified atom stereocenters. The first-order valence-corrected chi connectivity index (χ1v) is 11.6. The Morgan fingerprint density at radius 1 is 1.11 bits per heavy atom. The van der Waals surface area contributed by atoms with E-state index in [1.165, 1.54) is 12.1 Å². The number of hydrogen-bond acceptors (Lipinski definition) is 7. The molecule has 1 aliphatic rings. The average molecular weight is 478 g/mol. The molecule has 35 heavy (non-hydrogen) atoms. The maximum absolute atomic E-state index is 13.6. The van der Waals surface area contributed by atoms with E-state index in [2.05, 4.69) is 34.1 Å². The van der Waals surface area contributed by atoms with Gasteiger partial charge in [-0.2, -0.15) is 0 Å². The Bertz CT molecular complexity index is 1250. The maximum Gasteiger partial charge on any atom is 0.223 e. The summed E-state index contributed by atoms with van der Waals surface area (Å²) >= 11 is 0. The minimum atomic E-state index is -0.612. The SMILES string of the molecule is CC1(C)COC(c2nc(-c3ccc(F)cc3)c(-c3ccnc(NCCCn4ccnc4)n3)[nH]2)OC1. The van der Waals surface area contributed by atoms with Gasteiger partial charge in [-0.15, -0.1) is 0 Å². The third-order valence-corrected chi connectivity index (χ3v) is 5.66. The van der Waals surface area contributed by atoms with Gasteiger partial charge in [0.1, 0.15) is 5.82 Å². The fraction of sp³-hybridized carbons (Fsp3) is 0.360. The van der Waals surface area contributed by atoms with Crippen LogP contribution in [0.4, 0.5) is 10.3 Å². The predicted molar refractivity (Wildman–Crippen MR) is 129 cm³/mol. The zero-order valence-electron chi connectivity index (χ0n) is 19.7. The number of imidazole rings is 2. The quantitative estimate of drug-likeness (QED) is 0.362. The molecule has 2 N–H and O–H groups in total. The highest BCUT2D eigenvalue weighted by Crippen LogP contribution is 2.35. The summed E-state index contributed by atoms with van der Waals surface area (Å²) in [6, 6.07) is 8.03. The van der Waals surface area contributed by atoms with Crippen LogP contribution >= 0.6 is 0 Å². The lowest BCUT2D eigenvalue weighted by molar-refractivity contribution is -0.229. The number of nitrogens with one attached hydrogen (secondary N) is 2. The lowest BCUT2D eigenvalue weighted by atomic mass is 9.96. The van der Waals surface area contributed by atoms with Crippen LogP contribution in [0, 0.1) is 11.2 Å². The maximum atomic E-state index is 13.6. The number of anilines is 1. The van der Waals surface area contributed by atoms with Gasteiger partial charge < -0.3 is 24.3 Å². The molecule has 1 aliphatic heterocycles. The first-order chi connectivity index (χ1) is 17.0. The van der Waals surface area contributed by atoms with Gasteiger partial charge in [0.25, 0.3) is 0 Å². The van der Waals surface area contributed by atoms with Crippen molar-refractivity contribution in [3.8, 4) is 22.6 Å². The lowest BCUT2D eigenvalue weighted by Gasteiger charge is -2.33. The van der Waals surface area contributed by atoms with Crippen LogP contribution in [0.25, 0.3) is 22.6 Å². The largest absolute Gasteiger partial charge is 0.354 e. The van der Waals surface area contributed by atoms with Crippen LogP contribution in [-0.2, 0) is 16.0 Å². The number of aromatic amines is 1. The summed E-state index contributed by atoms with van der Waals surface area (Å²) in [5.74, 6) is 0.751. The Balaban J connectivity index is 1.39. The third kappa shape index (κ3) is 5.55. The first-order valence-electron chi connectivity index (χ1n) is 11.6. The van der Waals surface area contributed by atoms with E-state index < -0.39 is 6.29 Å². The van der Waals surface area contributed by atoms with Crippen molar-refractivity contribution < 1.29 is 13.9 Å². The Hall–Kier alpha value is -3.63. The number of rotatable bonds is 8. The molecule has 1 fully saturated rings. The second-order valence-electron chi connectivity index (χ2n) is 9.32. The molecule has 0 amide bonds. The molecule has 9 nitrogen and oxygen atoms in total. The van der Waals surface area contributed by atoms with Crippen molar-refractivity contribution >= 4 is 5.95 Å². The predicted octanol–water partition coefficient (Wildman–Crippen LogP) is 4.44. The number of H-pyrrole nitrogens is 1. The van der Waals surface area contributed by atoms with Crippen molar-refractivity contribution in [1.82, 2.24) is 29.5 Å². The van der Waals surface area contributed by atoms with Crippen LogP contribution in [0.2, 0.25) is 0 Å². The van der Waals surface area contributed by atoms with Crippen molar-refractivity contribution in [3.63, 3.8) is 0 Å². The fourth-order valence-electron chi connectivity index (χ4n) is 3.82. The van der Waals surface area contributed by atoms with E-state index in [4.69, 9.17) is 19.4 Å². The molecule has 182 valence electrons. The molecule has 1 saturated heterocycles. The molecule has 0 aliphatic carbocycles. The van der Waals surface area contributed by atoms with Crippen molar-refractivity contribution in [2.45, 2.75) is 33.1 Å². The molecule has 5 rings (SSSR count). The van der Waals surface area contributed by atoms with E-state index in [-0.39, 0.29) is 11.2 Å². The summed E-state index contributed by atoms with van der Waals surface area (Å²) in [6.45, 7) is 6.85. The van der Waals surface area contributed by atoms with Crippen LogP contribution in [0.5, 0.6) is 0 Å². The summed E-state index contributed by atoms with van der Waals surface area (Å²) in [5.41, 5.74) is 2.69. The highest BCUT2D eigenvalue weighted by Gasteiger charge is 2.32. The number of aryl methyl sites for hydroxylation is 1. The Kier molecular flexibility index (Phi) is 6.56. The molecule has 4 heterocycles. The summed E-state index contributed by atoms with van der Waals surface area (Å²) in [6.07, 6.45) is 7.48. The van der Waals surface area contributed by atoms with Crippen LogP contribution < -0.4 is 5.32 Å². The zero-order chi connectivity index (χ0) is 24.3. The van der Waals surface area contributed by atoms with Gasteiger partial charge in [0, 0.05) is 42.7 Å². The molecule has 0 saturated carbocycles. The summed E-state index contributed by atoms with van der Waals surface area (Å²) in [7, 11) is 0. The molecule has 0 spiro atoms. The van der Waals surface area contributed by atoms with Gasteiger partial charge in [0.2, 0.25) is 12.2 Å². The van der Waals surface area contributed by atoms with Crippen LogP contribution in [-0.4, -0.2) is 49.2 Å². The molecule has 0 radical (unpaired) electrons. The third-order valence-electron chi connectivity index (χ3n) is 5.66. The second-order valence-corrected chi connectivity index (χ2v) is 9.32. The molecular weight excluding hydrogens is 449 g/mol. The number of nitrogens with zero attached hydrogens (tertiary/aromatic N) is 5. The topological polar surface area (TPSA) is 103 Å². The number of aromatic nitrogens is 6. The monoisotopic (exact) mass is 477 g/mol. The van der Waals surface area contributed by atoms with Gasteiger partial charge in [0.05, 0.1) is 36.6 Å². The first kappa shape index (κ1) is 23.1. The van der Waals surface area contributed by atoms with E-state index in [9.17, 15) is 4.39 Å². The van der Waals surface area contributed by atoms with Crippen molar-refractivity contribution in [3.05, 3.63) is 66.9 Å². The molecule has 0 bridgehead atoms. The molecule has 10 heteroatoms. The highest BCUT2D eigenvalue weighted by molar-refractivity contribution is 5.77. The molecule has 3 aromatic heterocycles. The Morgan fingerprint density at radius 2 is 1.91 bits per heavy atom. The van der Waals surface area contributed by atoms with Crippen LogP contribution in [0.3, 0.4) is 0 Å². The van der Waals surface area contributed by atoms with E-state index in [1.807, 2.05) is 16.8 Å². The van der Waals surface area contributed by atoms with Crippen molar-refractivity contribution in [2.75, 3.05) is 25.1 Å². The second kappa shape index (κ2) is 9.93. The van der Waals surface area contributed by atoms with E-state index >= 15 is 0 Å². The van der Waals surface area contributed by atoms with Gasteiger partial charge in [0.15, 0.2) is 5.82 Å². The van der Waals surface area contributed by atoms with Crippen LogP contribution in [0.15, 0.2) is 55.2 Å². The van der Waals surface area contributed by atoms with Crippen molar-refractivity contribution in [1.29, 1.82) is 0 Å². The molecular formula is C25H28FN7O2. The minimum absolute atomic E-state index is 0.0587. The lowest BCUT2D eigenvalue weighted by Crippen LogP contribution is -2.34. The van der Waals surface area contributed by atoms with E-state index in [0.29, 0.717) is 48.6 Å². The Labute approximate surface area is 202 Å². The number of halogens is 1. The number of hydrogen-bond donors (Lipinski definition) is 2. The van der Waals surface area contributed by atoms with Gasteiger partial charge in [-0.05, 0) is 36.8 Å². The van der Waals surface area contributed by atoms with E-state index in [0.717, 1.165) is 18.5 Å². The number of ether oxygens (including phenoxy) is 2. The number of benzene rings is 1. The molecule has 1 aromatic carbocycles. The highest BCUT2D eigenvalue weighted by atomic mass is 19.1. The van der Waals surface area contributed by atoms with Gasteiger partial charge in [-0.25, -0.2) is 24.3 Å². The van der Waals surface area contributed by atoms with Crippen molar-refractivity contribution in [2.24, 2.45) is 5.41 Å². The van der Waals surface area contributed by atoms with Gasteiger partial charge in [-0.1, -0.05) is 13.8 Å². The van der Waals surface area contributed by atoms with E-state index in [1.54, 1.807) is 30.9 Å². The van der Waals surface area contributed by atoms with Gasteiger partial charge in [-0.3, -0.25) is 0 Å². The summed E-state index contributed by atoms with van der Waals surface area (Å²) in [5, 5.41) is 3.27. The normalized spacial score (nSPS) is 15.9. The molecule has 0 atom stereocenters. The smallest absolute Gasteiger partial charge is 0.223 e. The summed E-state index contributed by atoms with van der Waals surface area (Å²) in [4.78, 5) is 21.2. The fourth-order valence-corrected chi connectivity index (χ4v) is 3.82. The molecule has 4 aromatic rings. The van der Waals surface area contributed by atoms with Crippen LogP contribution in [0.1, 0.15) is 32.4 Å². The zero-order valence-corrected chi connectivity index (χ0v) is 19.7. The summed E-state index contributed by atoms with van der Waals surface area (Å²) < 4.78 is 27.5. The minimum Gasteiger partial charge on any atom is -0.354 e. The standard InChI is InChI=1S/C25H28FN7O2/c1-25(2)14-34-23(35-15-25)22-31-20(17-4-6-18(26)7-5-17)21(32-22)19-8-10-29-24(30-19)28-9-3-12-33-13-11-27-16-33/h4-8,10-11,13,16,23H,3,9,12,14-15H2,1-2H3,(H,31,32)(H,28,29,30). The van der Waals surface area contributed by atoms with Gasteiger partial charge >= 0.3 is 0 Å². The Morgan fingerprint density at radius 3 is 2.66 bits per heavy atom.